The average Bonchev–Trinajstić information content (AvgIpc) is 2.38. The van der Waals surface area contributed by atoms with E-state index >= 15 is 0 Å². The van der Waals surface area contributed by atoms with Gasteiger partial charge >= 0.3 is 0 Å². The Bertz CT molecular complexity index is 424. The van der Waals surface area contributed by atoms with Crippen LogP contribution in [-0.4, -0.2) is 26.1 Å². The SMILES string of the molecule is COc1ccc(CCNC(=O)CC(C)CN)cc1Br. The summed E-state index contributed by atoms with van der Waals surface area (Å²) in [5.74, 6) is 1.10. The van der Waals surface area contributed by atoms with Crippen LogP contribution >= 0.6 is 15.9 Å². The highest BCUT2D eigenvalue weighted by molar-refractivity contribution is 9.10. The molecule has 1 unspecified atom stereocenters. The molecule has 106 valence electrons. The zero-order chi connectivity index (χ0) is 14.3. The second-order valence-electron chi connectivity index (χ2n) is 4.61. The number of hydrogen-bond donors (Lipinski definition) is 2. The Morgan fingerprint density at radius 2 is 2.26 bits per heavy atom. The van der Waals surface area contributed by atoms with Crippen LogP contribution in [-0.2, 0) is 11.2 Å². The van der Waals surface area contributed by atoms with Crippen molar-refractivity contribution in [2.75, 3.05) is 20.2 Å². The number of halogens is 1. The first-order valence-electron chi connectivity index (χ1n) is 6.36. The van der Waals surface area contributed by atoms with Crippen LogP contribution in [0.3, 0.4) is 0 Å². The van der Waals surface area contributed by atoms with Gasteiger partial charge in [0.15, 0.2) is 0 Å². The first-order chi connectivity index (χ1) is 9.06. The fourth-order valence-corrected chi connectivity index (χ4v) is 2.27. The van der Waals surface area contributed by atoms with Crippen LogP contribution in [0.25, 0.3) is 0 Å². The van der Waals surface area contributed by atoms with Crippen molar-refractivity contribution in [2.24, 2.45) is 11.7 Å². The Morgan fingerprint density at radius 1 is 1.53 bits per heavy atom. The van der Waals surface area contributed by atoms with E-state index in [1.807, 2.05) is 25.1 Å². The van der Waals surface area contributed by atoms with E-state index in [-0.39, 0.29) is 11.8 Å². The standard InChI is InChI=1S/C14H21BrN2O2/c1-10(9-16)7-14(18)17-6-5-11-3-4-13(19-2)12(15)8-11/h3-4,8,10H,5-7,9,16H2,1-2H3,(H,17,18). The number of methoxy groups -OCH3 is 1. The van der Waals surface area contributed by atoms with Crippen LogP contribution in [0.5, 0.6) is 5.75 Å². The number of hydrogen-bond acceptors (Lipinski definition) is 3. The second-order valence-corrected chi connectivity index (χ2v) is 5.47. The molecule has 1 rings (SSSR count). The van der Waals surface area contributed by atoms with Gasteiger partial charge in [0.05, 0.1) is 11.6 Å². The minimum Gasteiger partial charge on any atom is -0.496 e. The van der Waals surface area contributed by atoms with Gasteiger partial charge in [0.25, 0.3) is 0 Å². The molecule has 0 aromatic heterocycles. The summed E-state index contributed by atoms with van der Waals surface area (Å²) in [7, 11) is 1.64. The number of amides is 1. The largest absolute Gasteiger partial charge is 0.496 e. The maximum absolute atomic E-state index is 11.6. The van der Waals surface area contributed by atoms with Crippen LogP contribution in [0.4, 0.5) is 0 Å². The van der Waals surface area contributed by atoms with Crippen molar-refractivity contribution in [3.05, 3.63) is 28.2 Å². The van der Waals surface area contributed by atoms with E-state index in [0.717, 1.165) is 22.2 Å². The molecule has 0 aliphatic carbocycles. The fourth-order valence-electron chi connectivity index (χ4n) is 1.68. The highest BCUT2D eigenvalue weighted by Gasteiger charge is 2.07. The molecule has 0 saturated carbocycles. The molecule has 3 N–H and O–H groups in total. The normalized spacial score (nSPS) is 12.0. The molecule has 19 heavy (non-hydrogen) atoms. The number of carbonyl (C=O) groups excluding carboxylic acids is 1. The third kappa shape index (κ3) is 5.61. The third-order valence-corrected chi connectivity index (χ3v) is 3.51. The Morgan fingerprint density at radius 3 is 2.84 bits per heavy atom. The van der Waals surface area contributed by atoms with Gasteiger partial charge in [-0.1, -0.05) is 13.0 Å². The average molecular weight is 329 g/mol. The van der Waals surface area contributed by atoms with E-state index in [0.29, 0.717) is 19.5 Å². The summed E-state index contributed by atoms with van der Waals surface area (Å²) in [6.45, 7) is 3.15. The predicted molar refractivity (Wildman–Crippen MR) is 80.2 cm³/mol. The van der Waals surface area contributed by atoms with Gasteiger partial charge in [-0.15, -0.1) is 0 Å². The molecule has 0 heterocycles. The zero-order valence-corrected chi connectivity index (χ0v) is 13.0. The molecular weight excluding hydrogens is 308 g/mol. The van der Waals surface area contributed by atoms with E-state index < -0.39 is 0 Å². The maximum atomic E-state index is 11.6. The van der Waals surface area contributed by atoms with Crippen molar-refractivity contribution in [1.29, 1.82) is 0 Å². The monoisotopic (exact) mass is 328 g/mol. The third-order valence-electron chi connectivity index (χ3n) is 2.89. The highest BCUT2D eigenvalue weighted by Crippen LogP contribution is 2.25. The van der Waals surface area contributed by atoms with Crippen molar-refractivity contribution in [1.82, 2.24) is 5.32 Å². The summed E-state index contributed by atoms with van der Waals surface area (Å²) in [5, 5.41) is 2.90. The summed E-state index contributed by atoms with van der Waals surface area (Å²) in [5.41, 5.74) is 6.64. The Balaban J connectivity index is 2.37. The zero-order valence-electron chi connectivity index (χ0n) is 11.4. The molecule has 1 atom stereocenters. The molecule has 5 heteroatoms. The minimum atomic E-state index is 0.0607. The lowest BCUT2D eigenvalue weighted by Gasteiger charge is -2.10. The number of rotatable bonds is 7. The van der Waals surface area contributed by atoms with Crippen LogP contribution in [0, 0.1) is 5.92 Å². The van der Waals surface area contributed by atoms with Crippen LogP contribution in [0.1, 0.15) is 18.9 Å². The van der Waals surface area contributed by atoms with Gasteiger partial charge in [0.2, 0.25) is 5.91 Å². The molecular formula is C14H21BrN2O2. The van der Waals surface area contributed by atoms with Gasteiger partial charge in [-0.3, -0.25) is 4.79 Å². The lowest BCUT2D eigenvalue weighted by Crippen LogP contribution is -2.28. The molecule has 0 radical (unpaired) electrons. The molecule has 0 aliphatic rings. The molecule has 1 amide bonds. The van der Waals surface area contributed by atoms with E-state index in [9.17, 15) is 4.79 Å². The van der Waals surface area contributed by atoms with Gasteiger partial charge in [-0.2, -0.15) is 0 Å². The number of benzene rings is 1. The fraction of sp³-hybridized carbons (Fsp3) is 0.500. The lowest BCUT2D eigenvalue weighted by atomic mass is 10.1. The molecule has 0 saturated heterocycles. The van der Waals surface area contributed by atoms with Crippen molar-refractivity contribution in [3.8, 4) is 5.75 Å². The smallest absolute Gasteiger partial charge is 0.220 e. The predicted octanol–water partition coefficient (Wildman–Crippen LogP) is 2.10. The second kappa shape index (κ2) is 8.17. The summed E-state index contributed by atoms with van der Waals surface area (Å²) >= 11 is 3.44. The molecule has 0 fully saturated rings. The maximum Gasteiger partial charge on any atom is 0.220 e. The Kier molecular flexibility index (Phi) is 6.87. The van der Waals surface area contributed by atoms with Gasteiger partial charge in [-0.25, -0.2) is 0 Å². The lowest BCUT2D eigenvalue weighted by molar-refractivity contribution is -0.121. The topological polar surface area (TPSA) is 64.3 Å². The quantitative estimate of drug-likeness (QED) is 0.805. The number of nitrogens with one attached hydrogen (secondary N) is 1. The van der Waals surface area contributed by atoms with Crippen LogP contribution in [0.15, 0.2) is 22.7 Å². The van der Waals surface area contributed by atoms with Crippen molar-refractivity contribution >= 4 is 21.8 Å². The molecule has 0 aliphatic heterocycles. The number of ether oxygens (including phenoxy) is 1. The highest BCUT2D eigenvalue weighted by atomic mass is 79.9. The van der Waals surface area contributed by atoms with Crippen molar-refractivity contribution in [3.63, 3.8) is 0 Å². The minimum absolute atomic E-state index is 0.0607. The van der Waals surface area contributed by atoms with Crippen LogP contribution < -0.4 is 15.8 Å². The van der Waals surface area contributed by atoms with Gasteiger partial charge in [0.1, 0.15) is 5.75 Å². The van der Waals surface area contributed by atoms with E-state index in [2.05, 4.69) is 21.2 Å². The number of nitrogens with two attached hydrogens (primary N) is 1. The summed E-state index contributed by atoms with van der Waals surface area (Å²) in [6, 6.07) is 5.92. The van der Waals surface area contributed by atoms with Gasteiger partial charge in [-0.05, 0) is 52.5 Å². The van der Waals surface area contributed by atoms with E-state index in [1.54, 1.807) is 7.11 Å². The van der Waals surface area contributed by atoms with E-state index in [4.69, 9.17) is 10.5 Å². The molecule has 1 aromatic rings. The van der Waals surface area contributed by atoms with Crippen molar-refractivity contribution in [2.45, 2.75) is 19.8 Å². The first-order valence-corrected chi connectivity index (χ1v) is 7.15. The summed E-state index contributed by atoms with van der Waals surface area (Å²) < 4.78 is 6.10. The van der Waals surface area contributed by atoms with Crippen LogP contribution in [0.2, 0.25) is 0 Å². The summed E-state index contributed by atoms with van der Waals surface area (Å²) in [6.07, 6.45) is 1.29. The van der Waals surface area contributed by atoms with E-state index in [1.165, 1.54) is 0 Å². The first kappa shape index (κ1) is 16.0. The molecule has 0 bridgehead atoms. The Labute approximate surface area is 122 Å². The van der Waals surface area contributed by atoms with Gasteiger partial charge < -0.3 is 15.8 Å². The Hall–Kier alpha value is -1.07. The molecule has 0 spiro atoms. The number of carbonyl (C=O) groups is 1. The molecule has 4 nitrogen and oxygen atoms in total. The molecule has 1 aromatic carbocycles. The van der Waals surface area contributed by atoms with Gasteiger partial charge in [0, 0.05) is 13.0 Å². The van der Waals surface area contributed by atoms with Crippen molar-refractivity contribution < 1.29 is 9.53 Å². The summed E-state index contributed by atoms with van der Waals surface area (Å²) in [4.78, 5) is 11.6.